The zero-order valence-corrected chi connectivity index (χ0v) is 5.53. The van der Waals surface area contributed by atoms with Crippen molar-refractivity contribution in [2.45, 2.75) is 0 Å². The maximum Gasteiger partial charge on any atom is 0.349 e. The molecule has 0 bridgehead atoms. The molecule has 5 heteroatoms. The van der Waals surface area contributed by atoms with Crippen molar-refractivity contribution in [3.8, 4) is 0 Å². The van der Waals surface area contributed by atoms with Crippen LogP contribution in [0.3, 0.4) is 0 Å². The molecule has 0 spiro atoms. The van der Waals surface area contributed by atoms with Gasteiger partial charge in [-0.1, -0.05) is 0 Å². The van der Waals surface area contributed by atoms with Gasteiger partial charge in [-0.2, -0.15) is 4.98 Å². The van der Waals surface area contributed by atoms with E-state index in [1.807, 2.05) is 0 Å². The third-order valence-corrected chi connectivity index (χ3v) is 1.12. The van der Waals surface area contributed by atoms with Gasteiger partial charge in [0.05, 0.1) is 0 Å². The number of nitrogens with one attached hydrogen (secondary N) is 1. The smallest absolute Gasteiger partial charge is 0.308 e. The summed E-state index contributed by atoms with van der Waals surface area (Å²) in [5.41, 5.74) is 1.95. The van der Waals surface area contributed by atoms with Crippen LogP contribution < -0.4 is 17.0 Å². The van der Waals surface area contributed by atoms with Crippen molar-refractivity contribution in [3.63, 3.8) is 0 Å². The highest BCUT2D eigenvalue weighted by atomic mass is 16.1. The van der Waals surface area contributed by atoms with Crippen molar-refractivity contribution < 1.29 is 0 Å². The fraction of sp³-hybridized carbons (Fsp3) is 0.200. The minimum absolute atomic E-state index is 0.324. The fourth-order valence-corrected chi connectivity index (χ4v) is 0.546. The standard InChI is InChI=1S/C5H8N4O/c1-9-3-2-4(8-6)7-5(9)10/h2-3H,6H2,1H3,(H,7,8,10). The molecule has 0 fully saturated rings. The first-order valence-corrected chi connectivity index (χ1v) is 2.74. The van der Waals surface area contributed by atoms with Crippen LogP contribution in [0.2, 0.25) is 0 Å². The highest BCUT2D eigenvalue weighted by molar-refractivity contribution is 5.29. The molecule has 54 valence electrons. The van der Waals surface area contributed by atoms with Crippen molar-refractivity contribution in [1.29, 1.82) is 0 Å². The normalized spacial score (nSPS) is 9.40. The van der Waals surface area contributed by atoms with E-state index in [1.165, 1.54) is 4.57 Å². The highest BCUT2D eigenvalue weighted by Gasteiger charge is 1.91. The summed E-state index contributed by atoms with van der Waals surface area (Å²) in [6, 6.07) is 1.61. The Balaban J connectivity index is 3.17. The number of aromatic nitrogens is 2. The third kappa shape index (κ3) is 1.14. The molecule has 0 radical (unpaired) electrons. The van der Waals surface area contributed by atoms with E-state index in [4.69, 9.17) is 5.84 Å². The molecule has 0 saturated carbocycles. The van der Waals surface area contributed by atoms with Gasteiger partial charge in [-0.15, -0.1) is 0 Å². The molecule has 5 nitrogen and oxygen atoms in total. The number of aryl methyl sites for hydroxylation is 1. The molecule has 0 aromatic carbocycles. The number of anilines is 1. The SMILES string of the molecule is Cn1ccc(NN)nc1=O. The van der Waals surface area contributed by atoms with Crippen molar-refractivity contribution in [2.75, 3.05) is 5.43 Å². The van der Waals surface area contributed by atoms with Gasteiger partial charge >= 0.3 is 5.69 Å². The molecular weight excluding hydrogens is 132 g/mol. The van der Waals surface area contributed by atoms with E-state index in [0.29, 0.717) is 5.82 Å². The van der Waals surface area contributed by atoms with Crippen LogP contribution in [0.25, 0.3) is 0 Å². The van der Waals surface area contributed by atoms with Crippen LogP contribution in [0.15, 0.2) is 17.1 Å². The molecule has 0 atom stereocenters. The minimum Gasteiger partial charge on any atom is -0.308 e. The molecule has 10 heavy (non-hydrogen) atoms. The summed E-state index contributed by atoms with van der Waals surface area (Å²) in [6.07, 6.45) is 1.59. The van der Waals surface area contributed by atoms with E-state index in [1.54, 1.807) is 19.3 Å². The Kier molecular flexibility index (Phi) is 1.68. The Labute approximate surface area is 57.5 Å². The monoisotopic (exact) mass is 140 g/mol. The Bertz CT molecular complexity index is 279. The van der Waals surface area contributed by atoms with Gasteiger partial charge in [-0.05, 0) is 6.07 Å². The van der Waals surface area contributed by atoms with E-state index < -0.39 is 0 Å². The van der Waals surface area contributed by atoms with E-state index >= 15 is 0 Å². The molecule has 1 aromatic rings. The van der Waals surface area contributed by atoms with Gasteiger partial charge in [0.15, 0.2) is 0 Å². The molecule has 0 aliphatic carbocycles. The Morgan fingerprint density at radius 3 is 3.00 bits per heavy atom. The first-order chi connectivity index (χ1) is 4.74. The van der Waals surface area contributed by atoms with Crippen LogP contribution in [0.4, 0.5) is 5.82 Å². The predicted molar refractivity (Wildman–Crippen MR) is 37.3 cm³/mol. The average molecular weight is 140 g/mol. The van der Waals surface area contributed by atoms with E-state index in [0.717, 1.165) is 0 Å². The van der Waals surface area contributed by atoms with E-state index in [9.17, 15) is 4.79 Å². The lowest BCUT2D eigenvalue weighted by molar-refractivity contribution is 0.811. The molecule has 0 aliphatic heterocycles. The molecule has 0 saturated heterocycles. The molecule has 3 N–H and O–H groups in total. The number of hydrogen-bond acceptors (Lipinski definition) is 4. The molecular formula is C5H8N4O. The van der Waals surface area contributed by atoms with Crippen LogP contribution in [0.5, 0.6) is 0 Å². The van der Waals surface area contributed by atoms with Gasteiger partial charge in [0.1, 0.15) is 5.82 Å². The van der Waals surface area contributed by atoms with Gasteiger partial charge in [0, 0.05) is 13.2 Å². The number of nitrogens with two attached hydrogens (primary N) is 1. The van der Waals surface area contributed by atoms with E-state index in [2.05, 4.69) is 10.4 Å². The summed E-state index contributed by atoms with van der Waals surface area (Å²) >= 11 is 0. The number of hydrogen-bond donors (Lipinski definition) is 2. The predicted octanol–water partition coefficient (Wildman–Crippen LogP) is -0.934. The van der Waals surface area contributed by atoms with Gasteiger partial charge in [-0.3, -0.25) is 0 Å². The Morgan fingerprint density at radius 2 is 2.50 bits per heavy atom. The van der Waals surface area contributed by atoms with Gasteiger partial charge in [0.25, 0.3) is 0 Å². The lowest BCUT2D eigenvalue weighted by Gasteiger charge is -1.97. The van der Waals surface area contributed by atoms with Crippen LogP contribution >= 0.6 is 0 Å². The number of hydrazine groups is 1. The van der Waals surface area contributed by atoms with Crippen molar-refractivity contribution in [1.82, 2.24) is 9.55 Å². The van der Waals surface area contributed by atoms with E-state index in [-0.39, 0.29) is 5.69 Å². The van der Waals surface area contributed by atoms with Gasteiger partial charge in [0.2, 0.25) is 0 Å². The summed E-state index contributed by atoms with van der Waals surface area (Å²) in [4.78, 5) is 14.3. The molecule has 1 rings (SSSR count). The van der Waals surface area contributed by atoms with Crippen molar-refractivity contribution >= 4 is 5.82 Å². The third-order valence-electron chi connectivity index (χ3n) is 1.12. The Morgan fingerprint density at radius 1 is 1.80 bits per heavy atom. The summed E-state index contributed by atoms with van der Waals surface area (Å²) < 4.78 is 1.36. The second kappa shape index (κ2) is 2.49. The Hall–Kier alpha value is -1.36. The average Bonchev–Trinajstić information content (AvgIpc) is 1.95. The summed E-state index contributed by atoms with van der Waals surface area (Å²) in [7, 11) is 1.62. The van der Waals surface area contributed by atoms with Crippen LogP contribution in [0.1, 0.15) is 0 Å². The lowest BCUT2D eigenvalue weighted by Crippen LogP contribution is -2.22. The topological polar surface area (TPSA) is 72.9 Å². The quantitative estimate of drug-likeness (QED) is 0.390. The van der Waals surface area contributed by atoms with Gasteiger partial charge < -0.3 is 9.99 Å². The largest absolute Gasteiger partial charge is 0.349 e. The lowest BCUT2D eigenvalue weighted by atomic mass is 10.6. The number of nitrogen functional groups attached to an aromatic ring is 1. The zero-order chi connectivity index (χ0) is 7.56. The van der Waals surface area contributed by atoms with Gasteiger partial charge in [-0.25, -0.2) is 10.6 Å². The second-order valence-corrected chi connectivity index (χ2v) is 1.85. The number of nitrogens with zero attached hydrogens (tertiary/aromatic N) is 2. The molecule has 1 heterocycles. The zero-order valence-electron chi connectivity index (χ0n) is 5.53. The summed E-state index contributed by atoms with van der Waals surface area (Å²) in [6.45, 7) is 0. The van der Waals surface area contributed by atoms with Crippen LogP contribution in [-0.4, -0.2) is 9.55 Å². The molecule has 0 unspecified atom stereocenters. The highest BCUT2D eigenvalue weighted by Crippen LogP contribution is 1.91. The maximum absolute atomic E-state index is 10.8. The number of rotatable bonds is 1. The van der Waals surface area contributed by atoms with Crippen molar-refractivity contribution in [2.24, 2.45) is 12.9 Å². The minimum atomic E-state index is -0.324. The molecule has 0 amide bonds. The maximum atomic E-state index is 10.8. The second-order valence-electron chi connectivity index (χ2n) is 1.85. The first-order valence-electron chi connectivity index (χ1n) is 2.74. The molecule has 1 aromatic heterocycles. The fourth-order valence-electron chi connectivity index (χ4n) is 0.546. The van der Waals surface area contributed by atoms with Crippen molar-refractivity contribution in [3.05, 3.63) is 22.7 Å². The first kappa shape index (κ1) is 6.76. The van der Waals surface area contributed by atoms with Crippen LogP contribution in [-0.2, 0) is 7.05 Å². The molecule has 0 aliphatic rings. The summed E-state index contributed by atoms with van der Waals surface area (Å²) in [5.74, 6) is 5.39. The summed E-state index contributed by atoms with van der Waals surface area (Å²) in [5, 5.41) is 0. The van der Waals surface area contributed by atoms with Crippen LogP contribution in [0, 0.1) is 0 Å².